The Kier molecular flexibility index (Phi) is 30.1. The van der Waals surface area contributed by atoms with Gasteiger partial charge in [0.2, 0.25) is 11.8 Å². The molecule has 4 heterocycles. The Morgan fingerprint density at radius 3 is 1.19 bits per heavy atom. The maximum atomic E-state index is 14.7. The number of aromatic nitrogens is 4. The molecule has 0 fully saturated rings. The van der Waals surface area contributed by atoms with Crippen molar-refractivity contribution < 1.29 is 146 Å². The Labute approximate surface area is 559 Å². The molecule has 0 saturated heterocycles. The number of halogens is 4. The molecule has 1 atom stereocenters. The van der Waals surface area contributed by atoms with Crippen LogP contribution in [-0.2, 0) is 35.8 Å². The van der Waals surface area contributed by atoms with Crippen LogP contribution in [0.3, 0.4) is 0 Å². The summed E-state index contributed by atoms with van der Waals surface area (Å²) in [4.78, 5) is 55.5. The molecule has 4 aromatic carbocycles. The van der Waals surface area contributed by atoms with Gasteiger partial charge >= 0.3 is 28.5 Å². The van der Waals surface area contributed by atoms with E-state index in [1.807, 2.05) is 64.4 Å². The maximum absolute atomic E-state index is 14.7. The predicted molar refractivity (Wildman–Crippen MR) is 320 cm³/mol. The molecule has 0 radical (unpaired) electrons. The van der Waals surface area contributed by atoms with Crippen LogP contribution >= 0.6 is 0 Å². The van der Waals surface area contributed by atoms with E-state index in [1.54, 1.807) is 144 Å². The normalized spacial score (nSPS) is 10.8. The van der Waals surface area contributed by atoms with Gasteiger partial charge in [0.25, 0.3) is 11.8 Å². The molecule has 0 aliphatic heterocycles. The fraction of sp³-hybridized carbons (Fsp3) is 0.180. The lowest BCUT2D eigenvalue weighted by Crippen LogP contribution is -3.00. The van der Waals surface area contributed by atoms with Crippen LogP contribution in [0.4, 0.5) is 0 Å². The molecule has 1 unspecified atom stereocenters. The lowest BCUT2D eigenvalue weighted by molar-refractivity contribution is -0.689. The van der Waals surface area contributed by atoms with Crippen LogP contribution in [0.15, 0.2) is 195 Å². The number of amides is 4. The molecule has 8 aromatic rings. The molecule has 0 spiro atoms. The summed E-state index contributed by atoms with van der Waals surface area (Å²) in [6, 6.07) is 36.9. The van der Waals surface area contributed by atoms with Gasteiger partial charge in [-0.15, -0.1) is 0 Å². The fourth-order valence-electron chi connectivity index (χ4n) is 9.83. The van der Waals surface area contributed by atoms with E-state index >= 15 is 0 Å². The molecule has 4 aromatic heterocycles. The SMILES string of the molecule is C=C(C)C(=O)NCCCNC(=O)C(CCNC(=O)c1cc(-c2ccc[n+](Cc3ccccc3B(O)O)c2)c[n+](Cc2ccccc2B(O)O)c1)NC(=O)c1cc(-c2ccc[n+](Cc3ccccc3B(O)O)c2)c[n+](Cc2ccccc2B(O)O)c1.[Br-].[Br-].[Br-].[Br-]. The summed E-state index contributed by atoms with van der Waals surface area (Å²) in [6.07, 6.45) is 14.4. The van der Waals surface area contributed by atoms with E-state index < -0.39 is 52.2 Å². The molecule has 89 heavy (non-hydrogen) atoms. The Balaban J connectivity index is 0.00000423. The monoisotopic (exact) mass is 1460 g/mol. The second-order valence-corrected chi connectivity index (χ2v) is 20.5. The Morgan fingerprint density at radius 1 is 0.438 bits per heavy atom. The number of carbonyl (C=O) groups excluding carboxylic acids is 4. The van der Waals surface area contributed by atoms with Crippen LogP contribution in [-0.4, -0.2) is 118 Å². The summed E-state index contributed by atoms with van der Waals surface area (Å²) < 4.78 is 7.19. The first-order valence-electron chi connectivity index (χ1n) is 27.5. The smallest absolute Gasteiger partial charge is 0.488 e. The van der Waals surface area contributed by atoms with Crippen LogP contribution in [0.1, 0.15) is 62.7 Å². The van der Waals surface area contributed by atoms with Crippen molar-refractivity contribution in [1.82, 2.24) is 21.3 Å². The molecular formula is C61H66B4Br4N8O12. The number of nitrogens with zero attached hydrogens (tertiary/aromatic N) is 4. The van der Waals surface area contributed by atoms with Gasteiger partial charge in [0.1, 0.15) is 17.2 Å². The van der Waals surface area contributed by atoms with Gasteiger partial charge in [-0.25, -0.2) is 9.13 Å². The third kappa shape index (κ3) is 21.0. The average molecular weight is 1470 g/mol. The fourth-order valence-corrected chi connectivity index (χ4v) is 9.83. The van der Waals surface area contributed by atoms with Gasteiger partial charge in [-0.1, -0.05) is 104 Å². The minimum atomic E-state index is -1.78. The minimum absolute atomic E-state index is 0. The van der Waals surface area contributed by atoms with Crippen molar-refractivity contribution in [2.24, 2.45) is 0 Å². The van der Waals surface area contributed by atoms with E-state index in [4.69, 9.17) is 0 Å². The van der Waals surface area contributed by atoms with Gasteiger partial charge in [0.05, 0.1) is 22.3 Å². The highest BCUT2D eigenvalue weighted by molar-refractivity contribution is 6.60. The Hall–Kier alpha value is -7.04. The molecule has 28 heteroatoms. The summed E-state index contributed by atoms with van der Waals surface area (Å²) in [5.41, 5.74) is 6.90. The highest BCUT2D eigenvalue weighted by atomic mass is 79.9. The first-order chi connectivity index (χ1) is 40.9. The molecule has 462 valence electrons. The third-order valence-electron chi connectivity index (χ3n) is 14.2. The number of rotatable bonds is 26. The number of carbonyl (C=O) groups is 4. The van der Waals surface area contributed by atoms with Crippen LogP contribution in [0.2, 0.25) is 0 Å². The zero-order valence-electron chi connectivity index (χ0n) is 48.3. The summed E-state index contributed by atoms with van der Waals surface area (Å²) in [7, 11) is -6.92. The molecule has 20 nitrogen and oxygen atoms in total. The summed E-state index contributed by atoms with van der Waals surface area (Å²) in [6.45, 7) is 6.26. The number of hydrogen-bond donors (Lipinski definition) is 12. The zero-order chi connectivity index (χ0) is 60.6. The summed E-state index contributed by atoms with van der Waals surface area (Å²) in [5.74, 6) is -2.09. The lowest BCUT2D eigenvalue weighted by Gasteiger charge is -2.19. The standard InChI is InChI=1S/C61H62B4N8O12.4BrH/c1-42(2)58(74)66-25-13-26-67-61(77)57(69-60(76)52-31-50(39-73(41-52)37-48-17-6-10-23-56(48)65(84)85)44-19-12-29-71(33-44)35-46-15-4-8-21-54(46)63(80)81)24-27-68-59(75)51-30-49(38-72(40-51)36-47-16-5-9-22-55(47)64(82)83)43-18-11-28-70(32-43)34-45-14-3-7-20-53(45)62(78)79;;;;/h3-12,14-23,28-33,38-41,57,78-85H,1,13,24-27,34-37H2,2H3;4*1H. The van der Waals surface area contributed by atoms with Gasteiger partial charge in [-0.2, -0.15) is 9.13 Å². The van der Waals surface area contributed by atoms with E-state index in [2.05, 4.69) is 27.8 Å². The van der Waals surface area contributed by atoms with Gasteiger partial charge < -0.3 is 129 Å². The first kappa shape index (κ1) is 74.4. The van der Waals surface area contributed by atoms with Crippen molar-refractivity contribution >= 4 is 74.0 Å². The molecule has 0 aliphatic rings. The predicted octanol–water partition coefficient (Wildman–Crippen LogP) is -14.8. The maximum Gasteiger partial charge on any atom is 0.488 e. The summed E-state index contributed by atoms with van der Waals surface area (Å²) in [5, 5.41) is 92.7. The van der Waals surface area contributed by atoms with Crippen molar-refractivity contribution in [3.05, 3.63) is 229 Å². The Bertz CT molecular complexity index is 3730. The van der Waals surface area contributed by atoms with E-state index in [0.29, 0.717) is 74.0 Å². The van der Waals surface area contributed by atoms with E-state index in [1.165, 1.54) is 0 Å². The number of pyridine rings is 4. The second kappa shape index (κ2) is 36.0. The highest BCUT2D eigenvalue weighted by Gasteiger charge is 2.28. The number of hydrogen-bond acceptors (Lipinski definition) is 12. The number of nitrogens with one attached hydrogen (secondary N) is 4. The lowest BCUT2D eigenvalue weighted by atomic mass is 9.77. The molecule has 12 N–H and O–H groups in total. The average Bonchev–Trinajstić information content (AvgIpc) is 1.31. The van der Waals surface area contributed by atoms with Gasteiger partial charge in [-0.3, -0.25) is 19.2 Å². The summed E-state index contributed by atoms with van der Waals surface area (Å²) >= 11 is 0. The first-order valence-corrected chi connectivity index (χ1v) is 27.5. The molecule has 4 amide bonds. The van der Waals surface area contributed by atoms with Crippen molar-refractivity contribution in [1.29, 1.82) is 0 Å². The van der Waals surface area contributed by atoms with E-state index in [0.717, 1.165) is 0 Å². The van der Waals surface area contributed by atoms with Crippen molar-refractivity contribution in [3.63, 3.8) is 0 Å². The van der Waals surface area contributed by atoms with Gasteiger partial charge in [0.15, 0.2) is 75.8 Å². The quantitative estimate of drug-likeness (QED) is 0.0104. The van der Waals surface area contributed by atoms with Crippen molar-refractivity contribution in [2.45, 2.75) is 52.0 Å². The van der Waals surface area contributed by atoms with Gasteiger partial charge in [0, 0.05) is 59.6 Å². The topological polar surface area (TPSA) is 294 Å². The largest absolute Gasteiger partial charge is 1.00 e. The third-order valence-corrected chi connectivity index (χ3v) is 14.2. The second-order valence-electron chi connectivity index (χ2n) is 20.5. The van der Waals surface area contributed by atoms with Crippen LogP contribution in [0, 0.1) is 0 Å². The van der Waals surface area contributed by atoms with Gasteiger partial charge in [-0.05, 0) is 65.9 Å². The van der Waals surface area contributed by atoms with Crippen molar-refractivity contribution in [3.8, 4) is 22.3 Å². The Morgan fingerprint density at radius 2 is 0.798 bits per heavy atom. The van der Waals surface area contributed by atoms with Crippen LogP contribution in [0.25, 0.3) is 22.3 Å². The molecule has 0 saturated carbocycles. The van der Waals surface area contributed by atoms with Crippen molar-refractivity contribution in [2.75, 3.05) is 19.6 Å². The zero-order valence-corrected chi connectivity index (χ0v) is 54.6. The molecule has 8 rings (SSSR count). The van der Waals surface area contributed by atoms with E-state index in [-0.39, 0.29) is 142 Å². The molecule has 0 bridgehead atoms. The number of benzene rings is 4. The van der Waals surface area contributed by atoms with E-state index in [9.17, 15) is 59.4 Å². The van der Waals surface area contributed by atoms with Crippen LogP contribution in [0.5, 0.6) is 0 Å². The van der Waals surface area contributed by atoms with Crippen LogP contribution < -0.4 is 129 Å². The highest BCUT2D eigenvalue weighted by Crippen LogP contribution is 2.20. The molecule has 0 aliphatic carbocycles. The molecular weight excluding hydrogens is 1400 g/mol. The minimum Gasteiger partial charge on any atom is -1.00 e.